The van der Waals surface area contributed by atoms with E-state index in [0.717, 1.165) is 67.0 Å². The Morgan fingerprint density at radius 2 is 0.657 bits per heavy atom. The minimum Gasteiger partial charge on any atom is -0.228 e. The first-order valence-electron chi connectivity index (χ1n) is 23.9. The van der Waals surface area contributed by atoms with Gasteiger partial charge in [-0.05, 0) is 67.8 Å². The summed E-state index contributed by atoms with van der Waals surface area (Å²) in [5, 5.41) is 0. The maximum atomic E-state index is 5.42. The normalized spacial score (nSPS) is 13.5. The van der Waals surface area contributed by atoms with Crippen molar-refractivity contribution in [2.45, 2.75) is 24.7 Å². The van der Waals surface area contributed by atoms with Gasteiger partial charge < -0.3 is 0 Å². The molecule has 9 aromatic carbocycles. The second-order valence-corrected chi connectivity index (χ2v) is 18.8. The van der Waals surface area contributed by atoms with Crippen molar-refractivity contribution in [2.75, 3.05) is 0 Å². The minimum absolute atomic E-state index is 0.248. The summed E-state index contributed by atoms with van der Waals surface area (Å²) in [5.74, 6) is 2.48. The molecule has 2 heterocycles. The Morgan fingerprint density at radius 3 is 1.21 bits per heavy atom. The molecule has 11 aromatic rings. The van der Waals surface area contributed by atoms with Gasteiger partial charge in [-0.15, -0.1) is 0 Å². The lowest BCUT2D eigenvalue weighted by Crippen LogP contribution is -2.40. The van der Waals surface area contributed by atoms with Gasteiger partial charge in [0.15, 0.2) is 23.3 Å². The van der Waals surface area contributed by atoms with Crippen LogP contribution in [0.15, 0.2) is 237 Å². The van der Waals surface area contributed by atoms with E-state index in [-0.39, 0.29) is 5.41 Å². The molecule has 0 amide bonds. The summed E-state index contributed by atoms with van der Waals surface area (Å²) < 4.78 is 0. The molecular formula is C65H45N5. The quantitative estimate of drug-likeness (QED) is 0.159. The highest BCUT2D eigenvalue weighted by Gasteiger charge is 2.54. The molecule has 5 nitrogen and oxygen atoms in total. The van der Waals surface area contributed by atoms with E-state index < -0.39 is 5.41 Å². The molecule has 0 saturated carbocycles. The maximum absolute atomic E-state index is 5.42. The highest BCUT2D eigenvalue weighted by molar-refractivity contribution is 5.97. The van der Waals surface area contributed by atoms with Crippen molar-refractivity contribution < 1.29 is 0 Å². The van der Waals surface area contributed by atoms with Gasteiger partial charge in [0.25, 0.3) is 0 Å². The Morgan fingerprint density at radius 1 is 0.257 bits per heavy atom. The number of rotatable bonds is 7. The van der Waals surface area contributed by atoms with Gasteiger partial charge >= 0.3 is 0 Å². The van der Waals surface area contributed by atoms with E-state index in [2.05, 4.69) is 214 Å². The van der Waals surface area contributed by atoms with Gasteiger partial charge in [-0.3, -0.25) is 0 Å². The fourth-order valence-corrected chi connectivity index (χ4v) is 11.2. The third kappa shape index (κ3) is 6.57. The minimum atomic E-state index is -0.657. The topological polar surface area (TPSA) is 64.5 Å². The Bertz CT molecular complexity index is 3670. The molecule has 70 heavy (non-hydrogen) atoms. The van der Waals surface area contributed by atoms with Crippen LogP contribution in [0.5, 0.6) is 0 Å². The lowest BCUT2D eigenvalue weighted by molar-refractivity contribution is 0.563. The zero-order valence-electron chi connectivity index (χ0n) is 38.8. The summed E-state index contributed by atoms with van der Waals surface area (Å²) in [6.07, 6.45) is 0. The van der Waals surface area contributed by atoms with E-state index in [1.807, 2.05) is 36.4 Å². The maximum Gasteiger partial charge on any atom is 0.164 e. The Hall–Kier alpha value is -8.93. The van der Waals surface area contributed by atoms with Gasteiger partial charge in [-0.2, -0.15) is 0 Å². The predicted octanol–water partition coefficient (Wildman–Crippen LogP) is 15.3. The van der Waals surface area contributed by atoms with Crippen LogP contribution in [0.4, 0.5) is 0 Å². The first-order valence-corrected chi connectivity index (χ1v) is 23.9. The summed E-state index contributed by atoms with van der Waals surface area (Å²) in [6.45, 7) is 4.72. The van der Waals surface area contributed by atoms with Crippen LogP contribution in [0.25, 0.3) is 90.3 Å². The summed E-state index contributed by atoms with van der Waals surface area (Å²) in [5.41, 5.74) is 18.6. The molecule has 0 bridgehead atoms. The fourth-order valence-electron chi connectivity index (χ4n) is 11.2. The van der Waals surface area contributed by atoms with Crippen LogP contribution in [-0.4, -0.2) is 24.9 Å². The Kier molecular flexibility index (Phi) is 9.67. The molecule has 13 rings (SSSR count). The molecule has 5 heteroatoms. The number of nitrogens with zero attached hydrogens (tertiary/aromatic N) is 5. The Balaban J connectivity index is 1.09. The van der Waals surface area contributed by atoms with Crippen molar-refractivity contribution in [3.05, 3.63) is 270 Å². The smallest absolute Gasteiger partial charge is 0.164 e. The van der Waals surface area contributed by atoms with Crippen LogP contribution in [0.2, 0.25) is 0 Å². The van der Waals surface area contributed by atoms with Crippen LogP contribution in [-0.2, 0) is 10.8 Å². The standard InChI is InChI=1S/C65H45N5/c1-64(2)52-29-15-17-31-54(52)65(55-32-18-16-30-53(55)64)51-39-38-48(62-66-57(44-22-9-4-10-23-44)41-58(67-62)45-24-11-5-12-25-45)40-50(51)59-49(28-19-33-56(59)65)63-69-60(46-26-13-6-14-27-46)68-61(70-63)47-36-34-43(35-37-47)42-20-7-3-8-21-42/h3-41H,1-2H3. The van der Waals surface area contributed by atoms with Gasteiger partial charge in [-0.1, -0.05) is 238 Å². The first-order chi connectivity index (χ1) is 34.4. The SMILES string of the molecule is CC1(C)c2ccccc2C2(c3ccc(-c4nc(-c5ccccc5)cc(-c5ccccc5)n4)cc3-c3c(-c4nc(-c5ccccc5)nc(-c5ccc(-c6ccccc6)cc5)n4)cccc32)c2ccccc21. The number of benzene rings is 9. The summed E-state index contributed by atoms with van der Waals surface area (Å²) in [4.78, 5) is 26.6. The van der Waals surface area contributed by atoms with E-state index in [1.165, 1.54) is 33.4 Å². The van der Waals surface area contributed by atoms with Crippen molar-refractivity contribution in [1.29, 1.82) is 0 Å². The van der Waals surface area contributed by atoms with E-state index in [1.54, 1.807) is 0 Å². The van der Waals surface area contributed by atoms with Crippen molar-refractivity contribution in [2.24, 2.45) is 0 Å². The van der Waals surface area contributed by atoms with E-state index in [9.17, 15) is 0 Å². The van der Waals surface area contributed by atoms with E-state index >= 15 is 0 Å². The highest BCUT2D eigenvalue weighted by atomic mass is 15.0. The molecule has 1 spiro atoms. The van der Waals surface area contributed by atoms with Crippen molar-refractivity contribution >= 4 is 0 Å². The zero-order chi connectivity index (χ0) is 46.8. The van der Waals surface area contributed by atoms with Gasteiger partial charge in [0.2, 0.25) is 0 Å². The van der Waals surface area contributed by atoms with Crippen molar-refractivity contribution in [3.63, 3.8) is 0 Å². The molecule has 0 aliphatic heterocycles. The molecule has 330 valence electrons. The zero-order valence-corrected chi connectivity index (χ0v) is 38.8. The monoisotopic (exact) mass is 895 g/mol. The molecule has 0 N–H and O–H groups in total. The molecule has 2 aliphatic carbocycles. The van der Waals surface area contributed by atoms with E-state index in [0.29, 0.717) is 23.3 Å². The van der Waals surface area contributed by atoms with E-state index in [4.69, 9.17) is 24.9 Å². The molecular weight excluding hydrogens is 851 g/mol. The fraction of sp³-hybridized carbons (Fsp3) is 0.0615. The molecule has 0 radical (unpaired) electrons. The Labute approximate surface area is 408 Å². The summed E-state index contributed by atoms with van der Waals surface area (Å²) in [7, 11) is 0. The number of fused-ring (bicyclic) bond motifs is 9. The number of hydrogen-bond donors (Lipinski definition) is 0. The average molecular weight is 896 g/mol. The van der Waals surface area contributed by atoms with Gasteiger partial charge in [0, 0.05) is 38.8 Å². The van der Waals surface area contributed by atoms with Gasteiger partial charge in [-0.25, -0.2) is 24.9 Å². The van der Waals surface area contributed by atoms with Gasteiger partial charge in [0.1, 0.15) is 0 Å². The molecule has 0 saturated heterocycles. The lowest BCUT2D eigenvalue weighted by atomic mass is 9.55. The molecule has 0 unspecified atom stereocenters. The predicted molar refractivity (Wildman–Crippen MR) is 283 cm³/mol. The second kappa shape index (κ2) is 16.4. The first kappa shape index (κ1) is 41.3. The summed E-state index contributed by atoms with van der Waals surface area (Å²) >= 11 is 0. The van der Waals surface area contributed by atoms with Crippen molar-refractivity contribution in [1.82, 2.24) is 24.9 Å². The number of hydrogen-bond acceptors (Lipinski definition) is 5. The largest absolute Gasteiger partial charge is 0.228 e. The van der Waals surface area contributed by atoms with Crippen LogP contribution in [0, 0.1) is 0 Å². The van der Waals surface area contributed by atoms with Crippen LogP contribution in [0.1, 0.15) is 47.2 Å². The molecule has 2 aromatic heterocycles. The highest BCUT2D eigenvalue weighted by Crippen LogP contribution is 2.63. The van der Waals surface area contributed by atoms with Crippen LogP contribution < -0.4 is 0 Å². The molecule has 2 aliphatic rings. The average Bonchev–Trinajstić information content (AvgIpc) is 3.74. The molecule has 0 fully saturated rings. The van der Waals surface area contributed by atoms with Crippen LogP contribution >= 0.6 is 0 Å². The van der Waals surface area contributed by atoms with Crippen molar-refractivity contribution in [3.8, 4) is 90.3 Å². The third-order valence-corrected chi connectivity index (χ3v) is 14.5. The van der Waals surface area contributed by atoms with Crippen LogP contribution in [0.3, 0.4) is 0 Å². The molecule has 0 atom stereocenters. The second-order valence-electron chi connectivity index (χ2n) is 18.8. The number of aromatic nitrogens is 5. The van der Waals surface area contributed by atoms with Gasteiger partial charge in [0.05, 0.1) is 16.8 Å². The third-order valence-electron chi connectivity index (χ3n) is 14.5. The summed E-state index contributed by atoms with van der Waals surface area (Å²) in [6, 6.07) is 83.7. The lowest BCUT2D eigenvalue weighted by Gasteiger charge is -2.46.